The second kappa shape index (κ2) is 10.5. The number of aliphatic hydroxyl groups excluding tert-OH is 1. The van der Waals surface area contributed by atoms with E-state index in [1.165, 1.54) is 0 Å². The second-order valence-electron chi connectivity index (χ2n) is 5.18. The lowest BCUT2D eigenvalue weighted by Gasteiger charge is -2.18. The molecule has 0 fully saturated rings. The zero-order chi connectivity index (χ0) is 17.1. The minimum atomic E-state index is -0.957. The molecule has 1 unspecified atom stereocenters. The largest absolute Gasteiger partial charge is 0.481 e. The van der Waals surface area contributed by atoms with Crippen LogP contribution in [0.25, 0.3) is 0 Å². The Balaban J connectivity index is 2.51. The van der Waals surface area contributed by atoms with Crippen LogP contribution in [-0.2, 0) is 14.4 Å². The number of nitrogens with one attached hydrogen (secondary N) is 2. The zero-order valence-electron chi connectivity index (χ0n) is 13.0. The van der Waals surface area contributed by atoms with Gasteiger partial charge in [-0.05, 0) is 12.8 Å². The number of rotatable bonds is 11. The molecule has 1 aliphatic rings. The highest BCUT2D eigenvalue weighted by atomic mass is 16.4. The summed E-state index contributed by atoms with van der Waals surface area (Å²) >= 11 is 0. The molecule has 0 bridgehead atoms. The van der Waals surface area contributed by atoms with Gasteiger partial charge in [0.1, 0.15) is 6.04 Å². The third kappa shape index (κ3) is 8.10. The Morgan fingerprint density at radius 1 is 1.26 bits per heavy atom. The highest BCUT2D eigenvalue weighted by Crippen LogP contribution is 2.13. The van der Waals surface area contributed by atoms with E-state index in [0.29, 0.717) is 19.4 Å². The smallest absolute Gasteiger partial charge is 0.303 e. The Morgan fingerprint density at radius 3 is 2.65 bits per heavy atom. The van der Waals surface area contributed by atoms with E-state index in [9.17, 15) is 14.4 Å². The number of carbonyl (C=O) groups excluding carboxylic acids is 2. The van der Waals surface area contributed by atoms with Crippen LogP contribution in [0.3, 0.4) is 0 Å². The molecule has 128 valence electrons. The highest BCUT2D eigenvalue weighted by Gasteiger charge is 2.22. The van der Waals surface area contributed by atoms with Crippen LogP contribution >= 0.6 is 0 Å². The molecule has 8 heteroatoms. The van der Waals surface area contributed by atoms with Crippen molar-refractivity contribution in [1.29, 1.82) is 0 Å². The fourth-order valence-electron chi connectivity index (χ4n) is 2.05. The van der Waals surface area contributed by atoms with Crippen LogP contribution < -0.4 is 10.6 Å². The van der Waals surface area contributed by atoms with E-state index < -0.39 is 12.0 Å². The van der Waals surface area contributed by atoms with Crippen molar-refractivity contribution >= 4 is 24.0 Å². The number of hydrogen-bond acceptors (Lipinski definition) is 5. The van der Waals surface area contributed by atoms with Gasteiger partial charge in [0.2, 0.25) is 11.8 Å². The molecule has 0 saturated carbocycles. The molecule has 23 heavy (non-hydrogen) atoms. The van der Waals surface area contributed by atoms with E-state index >= 15 is 0 Å². The number of aliphatic hydroxyl groups is 1. The molecule has 0 aliphatic carbocycles. The van der Waals surface area contributed by atoms with Crippen molar-refractivity contribution in [3.8, 4) is 0 Å². The highest BCUT2D eigenvalue weighted by molar-refractivity contribution is 5.88. The monoisotopic (exact) mass is 325 g/mol. The number of aliphatic imine (C=N–C) groups is 1. The Hall–Kier alpha value is -2.22. The van der Waals surface area contributed by atoms with Gasteiger partial charge in [-0.2, -0.15) is 0 Å². The number of hydrogen-bond donors (Lipinski definition) is 4. The number of aliphatic carboxylic acids is 1. The third-order valence-electron chi connectivity index (χ3n) is 3.21. The molecule has 8 nitrogen and oxygen atoms in total. The molecular weight excluding hydrogens is 302 g/mol. The second-order valence-corrected chi connectivity index (χ2v) is 5.18. The van der Waals surface area contributed by atoms with Crippen molar-refractivity contribution in [1.82, 2.24) is 10.6 Å². The summed E-state index contributed by atoms with van der Waals surface area (Å²) in [5.74, 6) is -1.66. The van der Waals surface area contributed by atoms with Crippen LogP contribution in [-0.4, -0.2) is 53.4 Å². The average molecular weight is 325 g/mol. The third-order valence-corrected chi connectivity index (χ3v) is 3.21. The van der Waals surface area contributed by atoms with Crippen LogP contribution in [0.4, 0.5) is 0 Å². The maximum absolute atomic E-state index is 12.1. The molecule has 0 aromatic heterocycles. The molecule has 0 aromatic carbocycles. The molecule has 0 radical (unpaired) electrons. The summed E-state index contributed by atoms with van der Waals surface area (Å²) in [5, 5.41) is 22.6. The summed E-state index contributed by atoms with van der Waals surface area (Å²) in [6.07, 6.45) is 5.22. The quantitative estimate of drug-likeness (QED) is 0.397. The molecule has 0 saturated heterocycles. The summed E-state index contributed by atoms with van der Waals surface area (Å²) in [6, 6.07) is -0.757. The first-order valence-corrected chi connectivity index (χ1v) is 7.64. The van der Waals surface area contributed by atoms with Crippen molar-refractivity contribution < 1.29 is 24.6 Å². The first-order valence-electron chi connectivity index (χ1n) is 7.64. The molecule has 0 spiro atoms. The van der Waals surface area contributed by atoms with Gasteiger partial charge >= 0.3 is 5.97 Å². The first kappa shape index (κ1) is 18.8. The minimum Gasteiger partial charge on any atom is -0.481 e. The van der Waals surface area contributed by atoms with E-state index in [1.54, 1.807) is 6.21 Å². The summed E-state index contributed by atoms with van der Waals surface area (Å²) in [4.78, 5) is 38.6. The standard InChI is InChI=1S/C15H23N3O5/c19-9-3-8-17-15(23)12(10-11-4-2-7-16-11)18-13(20)5-1-6-14(21)22/h4,7,12,19H,1-3,5-6,8-10H2,(H,17,23)(H,18,20)(H,21,22). The van der Waals surface area contributed by atoms with E-state index in [-0.39, 0.29) is 44.1 Å². The number of carboxylic acids is 1. The maximum atomic E-state index is 12.1. The van der Waals surface area contributed by atoms with Crippen LogP contribution in [0.2, 0.25) is 0 Å². The van der Waals surface area contributed by atoms with Crippen molar-refractivity contribution in [2.75, 3.05) is 13.2 Å². The van der Waals surface area contributed by atoms with Gasteiger partial charge in [-0.3, -0.25) is 19.4 Å². The predicted molar refractivity (Wildman–Crippen MR) is 83.9 cm³/mol. The van der Waals surface area contributed by atoms with E-state index in [0.717, 1.165) is 5.70 Å². The molecule has 1 heterocycles. The fourth-order valence-corrected chi connectivity index (χ4v) is 2.05. The summed E-state index contributed by atoms with van der Waals surface area (Å²) < 4.78 is 0. The molecule has 1 aliphatic heterocycles. The maximum Gasteiger partial charge on any atom is 0.303 e. The Bertz CT molecular complexity index is 488. The van der Waals surface area contributed by atoms with Crippen molar-refractivity contribution in [3.05, 3.63) is 11.8 Å². The number of carboxylic acid groups (broad SMARTS) is 1. The van der Waals surface area contributed by atoms with Gasteiger partial charge in [0, 0.05) is 50.7 Å². The molecular formula is C15H23N3O5. The van der Waals surface area contributed by atoms with E-state index in [1.807, 2.05) is 6.08 Å². The van der Waals surface area contributed by atoms with Crippen LogP contribution in [0.15, 0.2) is 16.8 Å². The van der Waals surface area contributed by atoms with Crippen LogP contribution in [0, 0.1) is 0 Å². The average Bonchev–Trinajstić information content (AvgIpc) is 2.99. The Morgan fingerprint density at radius 2 is 2.04 bits per heavy atom. The van der Waals surface area contributed by atoms with Gasteiger partial charge in [-0.1, -0.05) is 6.08 Å². The topological polar surface area (TPSA) is 128 Å². The molecule has 2 amide bonds. The van der Waals surface area contributed by atoms with Gasteiger partial charge in [0.25, 0.3) is 0 Å². The predicted octanol–water partition coefficient (Wildman–Crippen LogP) is -0.0268. The Kier molecular flexibility index (Phi) is 8.59. The zero-order valence-corrected chi connectivity index (χ0v) is 13.0. The van der Waals surface area contributed by atoms with Crippen molar-refractivity contribution in [3.63, 3.8) is 0 Å². The summed E-state index contributed by atoms with van der Waals surface area (Å²) in [5.41, 5.74) is 0.734. The normalized spacial score (nSPS) is 14.2. The van der Waals surface area contributed by atoms with Gasteiger partial charge in [0.15, 0.2) is 0 Å². The van der Waals surface area contributed by atoms with Gasteiger partial charge < -0.3 is 20.8 Å². The summed E-state index contributed by atoms with van der Waals surface area (Å²) in [7, 11) is 0. The van der Waals surface area contributed by atoms with Crippen LogP contribution in [0.5, 0.6) is 0 Å². The van der Waals surface area contributed by atoms with Gasteiger partial charge in [0.05, 0.1) is 0 Å². The van der Waals surface area contributed by atoms with Gasteiger partial charge in [-0.25, -0.2) is 0 Å². The van der Waals surface area contributed by atoms with E-state index in [4.69, 9.17) is 10.2 Å². The first-order chi connectivity index (χ1) is 11.0. The SMILES string of the molecule is O=C(O)CCCC(=O)NC(CC1=CCC=N1)C(=O)NCCCO. The van der Waals surface area contributed by atoms with Gasteiger partial charge in [-0.15, -0.1) is 0 Å². The van der Waals surface area contributed by atoms with Crippen LogP contribution in [0.1, 0.15) is 38.5 Å². The number of nitrogens with zero attached hydrogens (tertiary/aromatic N) is 1. The minimum absolute atomic E-state index is 0.0259. The molecule has 1 atom stereocenters. The number of amides is 2. The lowest BCUT2D eigenvalue weighted by atomic mass is 10.1. The lowest BCUT2D eigenvalue weighted by Crippen LogP contribution is -2.47. The van der Waals surface area contributed by atoms with Crippen molar-refractivity contribution in [2.45, 2.75) is 44.6 Å². The summed E-state index contributed by atoms with van der Waals surface area (Å²) in [6.45, 7) is 0.297. The lowest BCUT2D eigenvalue weighted by molar-refractivity contribution is -0.137. The molecule has 4 N–H and O–H groups in total. The molecule has 0 aromatic rings. The van der Waals surface area contributed by atoms with Crippen molar-refractivity contribution in [2.24, 2.45) is 4.99 Å². The number of carbonyl (C=O) groups is 3. The molecule has 1 rings (SSSR count). The Labute approximate surface area is 134 Å². The number of allylic oxidation sites excluding steroid dienone is 1. The fraction of sp³-hybridized carbons (Fsp3) is 0.600. The van der Waals surface area contributed by atoms with E-state index in [2.05, 4.69) is 15.6 Å².